The van der Waals surface area contributed by atoms with Gasteiger partial charge in [-0.05, 0) is 30.7 Å². The molecule has 0 radical (unpaired) electrons. The second-order valence-electron chi connectivity index (χ2n) is 4.59. The topological polar surface area (TPSA) is 101 Å². The Morgan fingerprint density at radius 3 is 2.76 bits per heavy atom. The van der Waals surface area contributed by atoms with Crippen LogP contribution in [0.5, 0.6) is 0 Å². The van der Waals surface area contributed by atoms with E-state index in [1.807, 2.05) is 6.07 Å². The molecule has 0 fully saturated rings. The fourth-order valence-corrected chi connectivity index (χ4v) is 2.96. The monoisotopic (exact) mass is 305 g/mol. The summed E-state index contributed by atoms with van der Waals surface area (Å²) in [5.41, 5.74) is 1.10. The number of nitriles is 1. The number of benzene rings is 1. The lowest BCUT2D eigenvalue weighted by atomic mass is 10.1. The summed E-state index contributed by atoms with van der Waals surface area (Å²) in [5, 5.41) is 16.5. The molecule has 0 aliphatic rings. The Bertz CT molecular complexity index is 789. The second-order valence-corrected chi connectivity index (χ2v) is 6.36. The van der Waals surface area contributed by atoms with Crippen LogP contribution in [0.15, 0.2) is 29.4 Å². The van der Waals surface area contributed by atoms with Gasteiger partial charge in [-0.3, -0.25) is 0 Å². The lowest BCUT2D eigenvalue weighted by Gasteiger charge is -2.08. The zero-order valence-corrected chi connectivity index (χ0v) is 12.6. The van der Waals surface area contributed by atoms with E-state index in [4.69, 9.17) is 5.26 Å². The molecule has 1 aromatic carbocycles. The van der Waals surface area contributed by atoms with E-state index >= 15 is 0 Å². The summed E-state index contributed by atoms with van der Waals surface area (Å²) in [6.07, 6.45) is 2.01. The minimum absolute atomic E-state index is 0.150. The first kappa shape index (κ1) is 15.2. The lowest BCUT2D eigenvalue weighted by molar-refractivity contribution is 0.580. The van der Waals surface area contributed by atoms with E-state index in [9.17, 15) is 8.42 Å². The lowest BCUT2D eigenvalue weighted by Crippen LogP contribution is -2.26. The third-order valence-electron chi connectivity index (χ3n) is 3.07. The van der Waals surface area contributed by atoms with Gasteiger partial charge in [-0.1, -0.05) is 0 Å². The van der Waals surface area contributed by atoms with Crippen molar-refractivity contribution in [1.82, 2.24) is 19.5 Å². The molecule has 0 aliphatic heterocycles. The normalized spacial score (nSPS) is 11.3. The molecule has 2 aromatic rings. The van der Waals surface area contributed by atoms with Crippen LogP contribution in [0.3, 0.4) is 0 Å². The number of sulfonamides is 1. The van der Waals surface area contributed by atoms with Crippen molar-refractivity contribution in [3.8, 4) is 6.07 Å². The first-order valence-corrected chi connectivity index (χ1v) is 7.75. The maximum Gasteiger partial charge on any atom is 0.240 e. The third kappa shape index (κ3) is 3.45. The minimum Gasteiger partial charge on any atom is -0.321 e. The van der Waals surface area contributed by atoms with Gasteiger partial charge in [0.2, 0.25) is 10.0 Å². The van der Waals surface area contributed by atoms with Gasteiger partial charge in [0.1, 0.15) is 12.2 Å². The van der Waals surface area contributed by atoms with Crippen LogP contribution >= 0.6 is 0 Å². The molecule has 110 valence electrons. The highest BCUT2D eigenvalue weighted by Crippen LogP contribution is 2.14. The number of nitrogens with one attached hydrogen (secondary N) is 1. The summed E-state index contributed by atoms with van der Waals surface area (Å²) in [5.74, 6) is 0.703. The molecule has 7 nitrogen and oxygen atoms in total. The van der Waals surface area contributed by atoms with Crippen molar-refractivity contribution in [2.75, 3.05) is 6.54 Å². The summed E-state index contributed by atoms with van der Waals surface area (Å²) < 4.78 is 28.6. The number of rotatable bonds is 5. The van der Waals surface area contributed by atoms with Gasteiger partial charge in [-0.2, -0.15) is 5.26 Å². The molecule has 21 heavy (non-hydrogen) atoms. The largest absolute Gasteiger partial charge is 0.321 e. The van der Waals surface area contributed by atoms with Crippen molar-refractivity contribution in [1.29, 1.82) is 5.26 Å². The van der Waals surface area contributed by atoms with Gasteiger partial charge < -0.3 is 4.57 Å². The molecular formula is C13H15N5O2S. The Kier molecular flexibility index (Phi) is 4.35. The van der Waals surface area contributed by atoms with Crippen molar-refractivity contribution in [2.24, 2.45) is 7.05 Å². The molecule has 0 aliphatic carbocycles. The quantitative estimate of drug-likeness (QED) is 0.867. The Balaban J connectivity index is 2.07. The van der Waals surface area contributed by atoms with Crippen molar-refractivity contribution < 1.29 is 8.42 Å². The van der Waals surface area contributed by atoms with Crippen LogP contribution in [-0.4, -0.2) is 29.7 Å². The molecular weight excluding hydrogens is 290 g/mol. The number of hydrogen-bond donors (Lipinski definition) is 1. The Morgan fingerprint density at radius 1 is 1.43 bits per heavy atom. The third-order valence-corrected chi connectivity index (χ3v) is 4.53. The van der Waals surface area contributed by atoms with E-state index in [2.05, 4.69) is 14.9 Å². The summed E-state index contributed by atoms with van der Waals surface area (Å²) in [6, 6.07) is 6.43. The number of hydrogen-bond acceptors (Lipinski definition) is 5. The van der Waals surface area contributed by atoms with Crippen LogP contribution < -0.4 is 4.72 Å². The van der Waals surface area contributed by atoms with Gasteiger partial charge in [0.15, 0.2) is 0 Å². The van der Waals surface area contributed by atoms with Crippen molar-refractivity contribution in [2.45, 2.75) is 18.2 Å². The fraction of sp³-hybridized carbons (Fsp3) is 0.308. The summed E-state index contributed by atoms with van der Waals surface area (Å²) in [4.78, 5) is 0.150. The minimum atomic E-state index is -3.59. The first-order chi connectivity index (χ1) is 9.94. The molecule has 0 bridgehead atoms. The molecule has 0 atom stereocenters. The number of nitrogens with zero attached hydrogens (tertiary/aromatic N) is 4. The average Bonchev–Trinajstić information content (AvgIpc) is 2.84. The Labute approximate surface area is 123 Å². The van der Waals surface area contributed by atoms with Crippen molar-refractivity contribution in [3.63, 3.8) is 0 Å². The van der Waals surface area contributed by atoms with E-state index in [1.54, 1.807) is 24.9 Å². The van der Waals surface area contributed by atoms with Gasteiger partial charge in [-0.25, -0.2) is 13.1 Å². The maximum absolute atomic E-state index is 12.2. The van der Waals surface area contributed by atoms with Crippen molar-refractivity contribution >= 4 is 10.0 Å². The molecule has 0 saturated carbocycles. The standard InChI is InChI=1S/C13H15N5O2S/c1-10-7-12(4-3-11(10)8-14)21(19,20)16-6-5-13-17-15-9-18(13)2/h3-4,7,9,16H,5-6H2,1-2H3. The summed E-state index contributed by atoms with van der Waals surface area (Å²) >= 11 is 0. The van der Waals surface area contributed by atoms with Gasteiger partial charge >= 0.3 is 0 Å². The molecule has 0 saturated heterocycles. The van der Waals surface area contributed by atoms with E-state index in [0.29, 0.717) is 23.4 Å². The smallest absolute Gasteiger partial charge is 0.240 e. The van der Waals surface area contributed by atoms with E-state index in [1.165, 1.54) is 18.2 Å². The van der Waals surface area contributed by atoms with Gasteiger partial charge in [0, 0.05) is 20.0 Å². The van der Waals surface area contributed by atoms with Crippen LogP contribution in [0.4, 0.5) is 0 Å². The Morgan fingerprint density at radius 2 is 2.19 bits per heavy atom. The highest BCUT2D eigenvalue weighted by molar-refractivity contribution is 7.89. The molecule has 0 amide bonds. The fourth-order valence-electron chi connectivity index (χ4n) is 1.84. The first-order valence-electron chi connectivity index (χ1n) is 6.27. The molecule has 0 unspecified atom stereocenters. The zero-order chi connectivity index (χ0) is 15.5. The molecule has 8 heteroatoms. The van der Waals surface area contributed by atoms with Gasteiger partial charge in [-0.15, -0.1) is 10.2 Å². The molecule has 2 rings (SSSR count). The SMILES string of the molecule is Cc1cc(S(=O)(=O)NCCc2nncn2C)ccc1C#N. The summed E-state index contributed by atoms with van der Waals surface area (Å²) in [7, 11) is -1.79. The van der Waals surface area contributed by atoms with Crippen LogP contribution in [0.1, 0.15) is 17.0 Å². The van der Waals surface area contributed by atoms with Crippen LogP contribution in [0, 0.1) is 18.3 Å². The van der Waals surface area contributed by atoms with Crippen molar-refractivity contribution in [3.05, 3.63) is 41.5 Å². The van der Waals surface area contributed by atoms with E-state index < -0.39 is 10.0 Å². The van der Waals surface area contributed by atoms with Gasteiger partial charge in [0.25, 0.3) is 0 Å². The number of aromatic nitrogens is 3. The zero-order valence-electron chi connectivity index (χ0n) is 11.7. The maximum atomic E-state index is 12.2. The predicted octanol–water partition coefficient (Wildman–Crippen LogP) is 0.516. The average molecular weight is 305 g/mol. The van der Waals surface area contributed by atoms with Gasteiger partial charge in [0.05, 0.1) is 16.5 Å². The van der Waals surface area contributed by atoms with Crippen LogP contribution in [0.2, 0.25) is 0 Å². The highest BCUT2D eigenvalue weighted by Gasteiger charge is 2.15. The molecule has 1 N–H and O–H groups in total. The van der Waals surface area contributed by atoms with E-state index in [-0.39, 0.29) is 11.4 Å². The molecule has 1 heterocycles. The second kappa shape index (κ2) is 6.03. The van der Waals surface area contributed by atoms with E-state index in [0.717, 1.165) is 0 Å². The molecule has 1 aromatic heterocycles. The Hall–Kier alpha value is -2.24. The van der Waals surface area contributed by atoms with Crippen LogP contribution in [-0.2, 0) is 23.5 Å². The predicted molar refractivity (Wildman–Crippen MR) is 75.8 cm³/mol. The number of aryl methyl sites for hydroxylation is 2. The highest BCUT2D eigenvalue weighted by atomic mass is 32.2. The van der Waals surface area contributed by atoms with Crippen LogP contribution in [0.25, 0.3) is 0 Å². The summed E-state index contributed by atoms with van der Waals surface area (Å²) in [6.45, 7) is 1.94. The molecule has 0 spiro atoms.